The third kappa shape index (κ3) is 5.55. The second-order valence-electron chi connectivity index (χ2n) is 9.51. The lowest BCUT2D eigenvalue weighted by atomic mass is 9.97. The lowest BCUT2D eigenvalue weighted by Crippen LogP contribution is -2.48. The highest BCUT2D eigenvalue weighted by molar-refractivity contribution is 5.92. The molecular formula is C28H32N4O5. The molecule has 3 aromatic rings. The number of amides is 1. The molecule has 0 aliphatic carbocycles. The van der Waals surface area contributed by atoms with Crippen LogP contribution in [0.2, 0.25) is 0 Å². The van der Waals surface area contributed by atoms with Crippen molar-refractivity contribution in [2.45, 2.75) is 47.1 Å². The quantitative estimate of drug-likeness (QED) is 0.478. The molecule has 0 saturated carbocycles. The minimum atomic E-state index is -0.732. The van der Waals surface area contributed by atoms with Crippen LogP contribution < -0.4 is 11.2 Å². The van der Waals surface area contributed by atoms with Crippen LogP contribution in [0.25, 0.3) is 5.69 Å². The summed E-state index contributed by atoms with van der Waals surface area (Å²) in [7, 11) is 0. The molecule has 1 aliphatic rings. The molecule has 0 radical (unpaired) electrons. The van der Waals surface area contributed by atoms with Crippen LogP contribution in [0.1, 0.15) is 52.5 Å². The molecule has 0 bridgehead atoms. The van der Waals surface area contributed by atoms with E-state index in [0.29, 0.717) is 38.2 Å². The number of carbonyl (C=O) groups excluding carboxylic acids is 2. The van der Waals surface area contributed by atoms with Crippen molar-refractivity contribution in [2.75, 3.05) is 19.7 Å². The molecule has 1 aliphatic heterocycles. The van der Waals surface area contributed by atoms with Crippen molar-refractivity contribution in [3.8, 4) is 5.69 Å². The van der Waals surface area contributed by atoms with Gasteiger partial charge in [0.25, 0.3) is 11.5 Å². The van der Waals surface area contributed by atoms with Gasteiger partial charge in [-0.3, -0.25) is 19.0 Å². The summed E-state index contributed by atoms with van der Waals surface area (Å²) in [5.74, 6) is -1.10. The Hall–Kier alpha value is -4.01. The van der Waals surface area contributed by atoms with E-state index >= 15 is 0 Å². The molecule has 9 heteroatoms. The molecule has 1 aromatic heterocycles. The summed E-state index contributed by atoms with van der Waals surface area (Å²) in [5.41, 5.74) is 2.57. The first-order valence-corrected chi connectivity index (χ1v) is 12.5. The third-order valence-electron chi connectivity index (χ3n) is 6.82. The van der Waals surface area contributed by atoms with E-state index in [2.05, 4.69) is 5.10 Å². The number of aromatic nitrogens is 3. The van der Waals surface area contributed by atoms with Crippen molar-refractivity contribution in [3.63, 3.8) is 0 Å². The molecule has 2 heterocycles. The number of ether oxygens (including phenoxy) is 1. The summed E-state index contributed by atoms with van der Waals surface area (Å²) in [6.07, 6.45) is 0.887. The van der Waals surface area contributed by atoms with Gasteiger partial charge in [0, 0.05) is 13.1 Å². The number of benzene rings is 2. The van der Waals surface area contributed by atoms with Gasteiger partial charge in [-0.25, -0.2) is 4.79 Å². The number of rotatable bonds is 6. The van der Waals surface area contributed by atoms with Crippen LogP contribution in [0.4, 0.5) is 0 Å². The molecule has 0 spiro atoms. The molecule has 0 atom stereocenters. The number of nitrogens with zero attached hydrogens (tertiary/aromatic N) is 4. The van der Waals surface area contributed by atoms with E-state index in [1.807, 2.05) is 57.2 Å². The minimum absolute atomic E-state index is 0.0118. The second-order valence-corrected chi connectivity index (χ2v) is 9.51. The maximum Gasteiger partial charge on any atom is 0.352 e. The van der Waals surface area contributed by atoms with Gasteiger partial charge < -0.3 is 9.64 Å². The summed E-state index contributed by atoms with van der Waals surface area (Å²) in [6.45, 7) is 8.49. The predicted molar refractivity (Wildman–Crippen MR) is 139 cm³/mol. The Balaban J connectivity index is 1.75. The molecule has 0 unspecified atom stereocenters. The molecule has 37 heavy (non-hydrogen) atoms. The Labute approximate surface area is 215 Å². The highest BCUT2D eigenvalue weighted by Gasteiger charge is 2.31. The largest absolute Gasteiger partial charge is 0.466 e. The Morgan fingerprint density at radius 1 is 1.00 bits per heavy atom. The van der Waals surface area contributed by atoms with E-state index < -0.39 is 17.2 Å². The smallest absolute Gasteiger partial charge is 0.352 e. The van der Waals surface area contributed by atoms with Gasteiger partial charge in [-0.1, -0.05) is 35.9 Å². The van der Waals surface area contributed by atoms with Crippen molar-refractivity contribution in [1.82, 2.24) is 19.2 Å². The van der Waals surface area contributed by atoms with Crippen LogP contribution in [-0.4, -0.2) is 50.8 Å². The van der Waals surface area contributed by atoms with Gasteiger partial charge in [0.2, 0.25) is 5.69 Å². The Morgan fingerprint density at radius 3 is 2.38 bits per heavy atom. The van der Waals surface area contributed by atoms with Crippen molar-refractivity contribution in [2.24, 2.45) is 5.92 Å². The molecular weight excluding hydrogens is 472 g/mol. The number of piperidine rings is 1. The van der Waals surface area contributed by atoms with Crippen LogP contribution in [-0.2, 0) is 16.1 Å². The second kappa shape index (κ2) is 10.9. The number of carbonyl (C=O) groups is 2. The Kier molecular flexibility index (Phi) is 7.71. The van der Waals surface area contributed by atoms with Crippen molar-refractivity contribution >= 4 is 11.9 Å². The molecule has 9 nitrogen and oxygen atoms in total. The number of aryl methyl sites for hydroxylation is 3. The van der Waals surface area contributed by atoms with Gasteiger partial charge in [0.15, 0.2) is 0 Å². The molecule has 4 rings (SSSR count). The lowest BCUT2D eigenvalue weighted by Gasteiger charge is -2.30. The number of hydrogen-bond acceptors (Lipinski definition) is 6. The molecule has 1 saturated heterocycles. The van der Waals surface area contributed by atoms with Crippen molar-refractivity contribution < 1.29 is 14.3 Å². The fraction of sp³-hybridized carbons (Fsp3) is 0.393. The van der Waals surface area contributed by atoms with E-state index in [9.17, 15) is 19.2 Å². The highest BCUT2D eigenvalue weighted by Crippen LogP contribution is 2.20. The molecule has 0 N–H and O–H groups in total. The zero-order valence-electron chi connectivity index (χ0n) is 21.7. The summed E-state index contributed by atoms with van der Waals surface area (Å²) in [6, 6.07) is 13.0. The standard InChI is InChI=1S/C28H32N4O5/c1-5-37-27(35)22-11-13-30(14-12-22)25(33)24-26(34)31(17-21-8-6-7-18(2)15-21)28(36)32(29-24)23-10-9-19(3)20(4)16-23/h6-10,15-16,22H,5,11-14,17H2,1-4H3. The zero-order chi connectivity index (χ0) is 26.7. The maximum absolute atomic E-state index is 13.5. The summed E-state index contributed by atoms with van der Waals surface area (Å²) in [5, 5.41) is 4.28. The van der Waals surface area contributed by atoms with Crippen molar-refractivity contribution in [1.29, 1.82) is 0 Å². The average Bonchev–Trinajstić information content (AvgIpc) is 2.88. The van der Waals surface area contributed by atoms with E-state index in [1.165, 1.54) is 4.90 Å². The summed E-state index contributed by atoms with van der Waals surface area (Å²) < 4.78 is 7.30. The summed E-state index contributed by atoms with van der Waals surface area (Å²) >= 11 is 0. The lowest BCUT2D eigenvalue weighted by molar-refractivity contribution is -0.149. The van der Waals surface area contributed by atoms with E-state index in [-0.39, 0.29) is 24.1 Å². The first-order chi connectivity index (χ1) is 17.7. The number of likely N-dealkylation sites (tertiary alicyclic amines) is 1. The average molecular weight is 505 g/mol. The van der Waals surface area contributed by atoms with Crippen molar-refractivity contribution in [3.05, 3.63) is 91.3 Å². The fourth-order valence-electron chi connectivity index (χ4n) is 4.54. The maximum atomic E-state index is 13.5. The van der Waals surface area contributed by atoms with Crippen LogP contribution in [0.5, 0.6) is 0 Å². The monoisotopic (exact) mass is 504 g/mol. The van der Waals surface area contributed by atoms with E-state index in [4.69, 9.17) is 4.74 Å². The van der Waals surface area contributed by atoms with Gasteiger partial charge in [-0.15, -0.1) is 0 Å². The number of esters is 1. The van der Waals surface area contributed by atoms with E-state index in [0.717, 1.165) is 31.5 Å². The minimum Gasteiger partial charge on any atom is -0.466 e. The Bertz CT molecular complexity index is 1450. The molecule has 2 aromatic carbocycles. The zero-order valence-corrected chi connectivity index (χ0v) is 21.7. The predicted octanol–water partition coefficient (Wildman–Crippen LogP) is 2.78. The first-order valence-electron chi connectivity index (χ1n) is 12.5. The molecule has 194 valence electrons. The molecule has 1 amide bonds. The first kappa shape index (κ1) is 26.1. The van der Waals surface area contributed by atoms with Gasteiger partial charge in [0.05, 0.1) is 24.8 Å². The SMILES string of the molecule is CCOC(=O)C1CCN(C(=O)c2nn(-c3ccc(C)c(C)c3)c(=O)n(Cc3cccc(C)c3)c2=O)CC1. The fourth-order valence-corrected chi connectivity index (χ4v) is 4.54. The van der Waals surface area contributed by atoms with Crippen LogP contribution in [0.15, 0.2) is 52.1 Å². The van der Waals surface area contributed by atoms with Crippen LogP contribution in [0.3, 0.4) is 0 Å². The van der Waals surface area contributed by atoms with Gasteiger partial charge in [-0.2, -0.15) is 9.78 Å². The normalized spacial score (nSPS) is 14.0. The van der Waals surface area contributed by atoms with Gasteiger partial charge >= 0.3 is 11.7 Å². The number of hydrogen-bond donors (Lipinski definition) is 0. The Morgan fingerprint density at radius 2 is 1.73 bits per heavy atom. The van der Waals surface area contributed by atoms with Gasteiger partial charge in [0.1, 0.15) is 0 Å². The summed E-state index contributed by atoms with van der Waals surface area (Å²) in [4.78, 5) is 54.1. The third-order valence-corrected chi connectivity index (χ3v) is 6.82. The highest BCUT2D eigenvalue weighted by atomic mass is 16.5. The van der Waals surface area contributed by atoms with E-state index in [1.54, 1.807) is 13.0 Å². The topological polar surface area (TPSA) is 104 Å². The van der Waals surface area contributed by atoms with Gasteiger partial charge in [-0.05, 0) is 69.4 Å². The molecule has 1 fully saturated rings. The van der Waals surface area contributed by atoms with Crippen LogP contribution >= 0.6 is 0 Å². The van der Waals surface area contributed by atoms with Crippen LogP contribution in [0, 0.1) is 26.7 Å².